The fraction of sp³-hybridized carbons (Fsp3) is 0.533. The highest BCUT2D eigenvalue weighted by Crippen LogP contribution is 2.52. The summed E-state index contributed by atoms with van der Waals surface area (Å²) in [5.41, 5.74) is 6.26. The molecule has 1 saturated carbocycles. The number of nitrogens with one attached hydrogen (secondary N) is 2. The predicted molar refractivity (Wildman–Crippen MR) is 77.9 cm³/mol. The van der Waals surface area contributed by atoms with Gasteiger partial charge in [0.1, 0.15) is 5.82 Å². The Kier molecular flexibility index (Phi) is 3.50. The molecule has 1 aliphatic rings. The summed E-state index contributed by atoms with van der Waals surface area (Å²) in [4.78, 5) is 12.0. The van der Waals surface area contributed by atoms with Crippen LogP contribution >= 0.6 is 0 Å². The van der Waals surface area contributed by atoms with Gasteiger partial charge in [0.15, 0.2) is 0 Å². The van der Waals surface area contributed by atoms with Crippen molar-refractivity contribution in [3.8, 4) is 0 Å². The van der Waals surface area contributed by atoms with Crippen LogP contribution in [0.2, 0.25) is 0 Å². The maximum atomic E-state index is 13.1. The molecule has 1 aromatic carbocycles. The highest BCUT2D eigenvalue weighted by atomic mass is 19.1. The summed E-state index contributed by atoms with van der Waals surface area (Å²) in [6.45, 7) is 8.15. The molecule has 0 radical (unpaired) electrons. The van der Waals surface area contributed by atoms with Gasteiger partial charge in [-0.2, -0.15) is 0 Å². The minimum absolute atomic E-state index is 0.0227. The molecule has 0 heterocycles. The Morgan fingerprint density at radius 2 is 1.85 bits per heavy atom. The number of hydrogen-bond acceptors (Lipinski definition) is 2. The van der Waals surface area contributed by atoms with E-state index in [-0.39, 0.29) is 34.8 Å². The van der Waals surface area contributed by atoms with Crippen LogP contribution in [0.5, 0.6) is 0 Å². The van der Waals surface area contributed by atoms with E-state index < -0.39 is 0 Å². The van der Waals surface area contributed by atoms with Gasteiger partial charge in [-0.15, -0.1) is 0 Å². The number of amides is 2. The molecule has 0 unspecified atom stereocenters. The van der Waals surface area contributed by atoms with Crippen molar-refractivity contribution >= 4 is 11.7 Å². The SMILES string of the molecule is CC1(C)C(N)C(C)(C)C1NC(=O)Nc1cccc(F)c1. The average molecular weight is 279 g/mol. The van der Waals surface area contributed by atoms with Crippen LogP contribution in [0.25, 0.3) is 0 Å². The Bertz CT molecular complexity index is 512. The van der Waals surface area contributed by atoms with Crippen molar-refractivity contribution in [3.63, 3.8) is 0 Å². The van der Waals surface area contributed by atoms with Crippen LogP contribution in [0.3, 0.4) is 0 Å². The van der Waals surface area contributed by atoms with Crippen LogP contribution in [-0.4, -0.2) is 18.1 Å². The minimum Gasteiger partial charge on any atom is -0.334 e. The highest BCUT2D eigenvalue weighted by Gasteiger charge is 2.60. The van der Waals surface area contributed by atoms with E-state index in [4.69, 9.17) is 5.73 Å². The fourth-order valence-corrected chi connectivity index (χ4v) is 3.42. The maximum Gasteiger partial charge on any atom is 0.319 e. The van der Waals surface area contributed by atoms with Crippen molar-refractivity contribution < 1.29 is 9.18 Å². The van der Waals surface area contributed by atoms with Crippen LogP contribution in [0.4, 0.5) is 14.9 Å². The molecule has 4 N–H and O–H groups in total. The largest absolute Gasteiger partial charge is 0.334 e. The molecule has 1 aliphatic carbocycles. The molecular formula is C15H22FN3O. The lowest BCUT2D eigenvalue weighted by Gasteiger charge is -2.62. The zero-order chi connectivity index (χ0) is 15.1. The molecule has 0 saturated heterocycles. The van der Waals surface area contributed by atoms with Gasteiger partial charge in [0.05, 0.1) is 0 Å². The van der Waals surface area contributed by atoms with Gasteiger partial charge in [0.25, 0.3) is 0 Å². The fourth-order valence-electron chi connectivity index (χ4n) is 3.42. The van der Waals surface area contributed by atoms with Gasteiger partial charge in [0, 0.05) is 28.6 Å². The van der Waals surface area contributed by atoms with Gasteiger partial charge in [-0.1, -0.05) is 33.8 Å². The minimum atomic E-state index is -0.380. The number of halogens is 1. The van der Waals surface area contributed by atoms with E-state index in [9.17, 15) is 9.18 Å². The summed E-state index contributed by atoms with van der Waals surface area (Å²) in [5, 5.41) is 5.58. The number of carbonyl (C=O) groups excluding carboxylic acids is 1. The van der Waals surface area contributed by atoms with Gasteiger partial charge in [0.2, 0.25) is 0 Å². The van der Waals surface area contributed by atoms with Gasteiger partial charge in [-0.25, -0.2) is 9.18 Å². The number of benzene rings is 1. The molecule has 0 spiro atoms. The van der Waals surface area contributed by atoms with E-state index in [2.05, 4.69) is 10.6 Å². The maximum absolute atomic E-state index is 13.1. The normalized spacial score (nSPS) is 26.5. The van der Waals surface area contributed by atoms with Crippen molar-refractivity contribution in [1.82, 2.24) is 5.32 Å². The Morgan fingerprint density at radius 1 is 1.25 bits per heavy atom. The van der Waals surface area contributed by atoms with Crippen LogP contribution in [0.15, 0.2) is 24.3 Å². The summed E-state index contributed by atoms with van der Waals surface area (Å²) in [5.74, 6) is -0.380. The quantitative estimate of drug-likeness (QED) is 0.779. The first-order valence-corrected chi connectivity index (χ1v) is 6.74. The molecule has 20 heavy (non-hydrogen) atoms. The van der Waals surface area contributed by atoms with Crippen LogP contribution in [0, 0.1) is 16.6 Å². The second-order valence-corrected chi connectivity index (χ2v) is 6.66. The first-order chi connectivity index (χ1) is 9.15. The predicted octanol–water partition coefficient (Wildman–Crippen LogP) is 2.71. The number of hydrogen-bond donors (Lipinski definition) is 3. The number of carbonyl (C=O) groups is 1. The lowest BCUT2D eigenvalue weighted by molar-refractivity contribution is -0.0638. The van der Waals surface area contributed by atoms with E-state index in [1.807, 2.05) is 27.7 Å². The molecule has 0 atom stereocenters. The van der Waals surface area contributed by atoms with Gasteiger partial charge in [-0.3, -0.25) is 0 Å². The summed E-state index contributed by atoms with van der Waals surface area (Å²) in [7, 11) is 0. The lowest BCUT2D eigenvalue weighted by atomic mass is 9.48. The Labute approximate surface area is 118 Å². The summed E-state index contributed by atoms with van der Waals surface area (Å²) in [6, 6.07) is 5.47. The third-order valence-electron chi connectivity index (χ3n) is 4.45. The molecule has 2 rings (SSSR count). The molecule has 0 aliphatic heterocycles. The topological polar surface area (TPSA) is 67.1 Å². The van der Waals surface area contributed by atoms with E-state index in [0.29, 0.717) is 5.69 Å². The molecule has 0 aromatic heterocycles. The number of nitrogens with two attached hydrogens (primary N) is 1. The first-order valence-electron chi connectivity index (χ1n) is 6.74. The van der Waals surface area contributed by atoms with Crippen LogP contribution in [0.1, 0.15) is 27.7 Å². The molecule has 110 valence electrons. The second kappa shape index (κ2) is 4.74. The molecule has 4 nitrogen and oxygen atoms in total. The Hall–Kier alpha value is -1.62. The third kappa shape index (κ3) is 2.38. The smallest absolute Gasteiger partial charge is 0.319 e. The number of anilines is 1. The molecule has 1 aromatic rings. The van der Waals surface area contributed by atoms with Gasteiger partial charge in [-0.05, 0) is 18.2 Å². The van der Waals surface area contributed by atoms with E-state index in [1.165, 1.54) is 12.1 Å². The second-order valence-electron chi connectivity index (χ2n) is 6.66. The van der Waals surface area contributed by atoms with Crippen molar-refractivity contribution in [2.24, 2.45) is 16.6 Å². The molecule has 1 fully saturated rings. The van der Waals surface area contributed by atoms with E-state index >= 15 is 0 Å². The molecule has 2 amide bonds. The van der Waals surface area contributed by atoms with Crippen molar-refractivity contribution in [3.05, 3.63) is 30.1 Å². The molecule has 0 bridgehead atoms. The Balaban J connectivity index is 2.02. The monoisotopic (exact) mass is 279 g/mol. The van der Waals surface area contributed by atoms with Crippen molar-refractivity contribution in [1.29, 1.82) is 0 Å². The van der Waals surface area contributed by atoms with Crippen LogP contribution < -0.4 is 16.4 Å². The Morgan fingerprint density at radius 3 is 2.40 bits per heavy atom. The average Bonchev–Trinajstić information content (AvgIpc) is 2.34. The number of urea groups is 1. The highest BCUT2D eigenvalue weighted by molar-refractivity contribution is 5.89. The molecule has 5 heteroatoms. The van der Waals surface area contributed by atoms with Gasteiger partial charge >= 0.3 is 6.03 Å². The zero-order valence-electron chi connectivity index (χ0n) is 12.3. The van der Waals surface area contributed by atoms with Crippen molar-refractivity contribution in [2.75, 3.05) is 5.32 Å². The van der Waals surface area contributed by atoms with Crippen molar-refractivity contribution in [2.45, 2.75) is 39.8 Å². The van der Waals surface area contributed by atoms with E-state index in [1.54, 1.807) is 12.1 Å². The third-order valence-corrected chi connectivity index (χ3v) is 4.45. The van der Waals surface area contributed by atoms with E-state index in [0.717, 1.165) is 0 Å². The summed E-state index contributed by atoms with van der Waals surface area (Å²) in [6.07, 6.45) is 0. The number of rotatable bonds is 2. The summed E-state index contributed by atoms with van der Waals surface area (Å²) < 4.78 is 13.1. The summed E-state index contributed by atoms with van der Waals surface area (Å²) >= 11 is 0. The standard InChI is InChI=1S/C15H22FN3O/c1-14(2)11(17)15(3,4)12(14)19-13(20)18-10-7-5-6-9(16)8-10/h5-8,11-12H,17H2,1-4H3,(H2,18,19,20). The zero-order valence-corrected chi connectivity index (χ0v) is 12.3. The van der Waals surface area contributed by atoms with Crippen LogP contribution in [-0.2, 0) is 0 Å². The van der Waals surface area contributed by atoms with Gasteiger partial charge < -0.3 is 16.4 Å². The molecular weight excluding hydrogens is 257 g/mol. The lowest BCUT2D eigenvalue weighted by Crippen LogP contribution is -2.76. The first kappa shape index (κ1) is 14.8.